The Morgan fingerprint density at radius 2 is 1.74 bits per heavy atom. The monoisotopic (exact) mass is 417 g/mol. The topological polar surface area (TPSA) is 74.6 Å². The van der Waals surface area contributed by atoms with Crippen molar-refractivity contribution < 1.29 is 14.0 Å². The summed E-state index contributed by atoms with van der Waals surface area (Å²) in [5, 5.41) is 5.80. The summed E-state index contributed by atoms with van der Waals surface area (Å²) in [7, 11) is 0. The molecule has 6 nitrogen and oxygen atoms in total. The van der Waals surface area contributed by atoms with Crippen molar-refractivity contribution in [2.75, 3.05) is 19.6 Å². The molecule has 31 heavy (non-hydrogen) atoms. The van der Waals surface area contributed by atoms with Gasteiger partial charge >= 0.3 is 0 Å². The summed E-state index contributed by atoms with van der Waals surface area (Å²) in [5.41, 5.74) is 3.29. The quantitative estimate of drug-likeness (QED) is 0.591. The molecular weight excluding hydrogens is 390 g/mol. The molecule has 0 unspecified atom stereocenters. The second kappa shape index (κ2) is 10.1. The first kappa shape index (κ1) is 20.9. The van der Waals surface area contributed by atoms with Crippen LogP contribution in [0.2, 0.25) is 0 Å². The van der Waals surface area contributed by atoms with E-state index in [1.807, 2.05) is 42.5 Å². The Morgan fingerprint density at radius 1 is 1.06 bits per heavy atom. The third-order valence-electron chi connectivity index (χ3n) is 5.71. The lowest BCUT2D eigenvalue weighted by atomic mass is 9.90. The van der Waals surface area contributed by atoms with Crippen LogP contribution in [0.15, 0.2) is 83.7 Å². The average Bonchev–Trinajstić information content (AvgIpc) is 3.33. The van der Waals surface area contributed by atoms with E-state index in [-0.39, 0.29) is 24.2 Å². The van der Waals surface area contributed by atoms with Crippen molar-refractivity contribution in [3.05, 3.63) is 95.9 Å². The minimum absolute atomic E-state index is 0.0930. The highest BCUT2D eigenvalue weighted by molar-refractivity contribution is 5.88. The largest absolute Gasteiger partial charge is 0.472 e. The van der Waals surface area contributed by atoms with Crippen molar-refractivity contribution in [1.29, 1.82) is 0 Å². The van der Waals surface area contributed by atoms with Crippen LogP contribution < -0.4 is 10.6 Å². The molecule has 0 saturated carbocycles. The summed E-state index contributed by atoms with van der Waals surface area (Å²) in [6, 6.07) is 22.0. The van der Waals surface area contributed by atoms with E-state index in [9.17, 15) is 9.59 Å². The Balaban J connectivity index is 1.49. The normalized spacial score (nSPS) is 16.8. The number of nitrogens with zero attached hydrogens (tertiary/aromatic N) is 1. The lowest BCUT2D eigenvalue weighted by molar-refractivity contribution is -0.134. The van der Waals surface area contributed by atoms with E-state index in [1.165, 1.54) is 11.1 Å². The maximum absolute atomic E-state index is 12.7. The first-order valence-electron chi connectivity index (χ1n) is 10.6. The van der Waals surface area contributed by atoms with Crippen molar-refractivity contribution in [2.24, 2.45) is 0 Å². The Labute approximate surface area is 182 Å². The molecule has 3 aromatic rings. The van der Waals surface area contributed by atoms with Crippen LogP contribution in [-0.4, -0.2) is 42.4 Å². The molecule has 2 N–H and O–H groups in total. The molecule has 0 spiro atoms. The Morgan fingerprint density at radius 3 is 2.35 bits per heavy atom. The smallest absolute Gasteiger partial charge is 0.237 e. The zero-order valence-corrected chi connectivity index (χ0v) is 17.4. The van der Waals surface area contributed by atoms with Gasteiger partial charge in [-0.2, -0.15) is 0 Å². The first-order valence-corrected chi connectivity index (χ1v) is 10.6. The van der Waals surface area contributed by atoms with Gasteiger partial charge in [-0.05, 0) is 17.2 Å². The molecular formula is C25H27N3O3. The van der Waals surface area contributed by atoms with Crippen LogP contribution in [0.4, 0.5) is 0 Å². The van der Waals surface area contributed by atoms with Gasteiger partial charge in [0.15, 0.2) is 0 Å². The lowest BCUT2D eigenvalue weighted by Gasteiger charge is -2.37. The van der Waals surface area contributed by atoms with Crippen molar-refractivity contribution in [3.63, 3.8) is 0 Å². The summed E-state index contributed by atoms with van der Waals surface area (Å²) >= 11 is 0. The number of nitrogens with one attached hydrogen (secondary N) is 2. The van der Waals surface area contributed by atoms with E-state index in [1.54, 1.807) is 12.5 Å². The molecule has 160 valence electrons. The fourth-order valence-electron chi connectivity index (χ4n) is 4.05. The van der Waals surface area contributed by atoms with Gasteiger partial charge in [-0.25, -0.2) is 0 Å². The summed E-state index contributed by atoms with van der Waals surface area (Å²) < 4.78 is 5.04. The Hall–Kier alpha value is -3.38. The predicted molar refractivity (Wildman–Crippen MR) is 118 cm³/mol. The summed E-state index contributed by atoms with van der Waals surface area (Å²) in [6.07, 6.45) is 3.30. The standard InChI is InChI=1S/C25H27N3O3/c29-24(27-16-19-11-14-31-18-19)15-23-25(30)26-12-13-28(23)17-22(20-7-3-1-4-8-20)21-9-5-2-6-10-21/h1-11,14,18,22-23H,12-13,15-17H2,(H,26,30)(H,27,29)/t23-/m1/s1. The first-order chi connectivity index (χ1) is 15.2. The van der Waals surface area contributed by atoms with Gasteiger partial charge in [0, 0.05) is 37.7 Å². The number of piperazine rings is 1. The average molecular weight is 418 g/mol. The van der Waals surface area contributed by atoms with Crippen LogP contribution in [0.1, 0.15) is 29.0 Å². The molecule has 1 aliphatic heterocycles. The molecule has 4 rings (SSSR count). The summed E-state index contributed by atoms with van der Waals surface area (Å²) in [5.74, 6) is -0.126. The van der Waals surface area contributed by atoms with Gasteiger partial charge in [0.1, 0.15) is 0 Å². The lowest BCUT2D eigenvalue weighted by Crippen LogP contribution is -2.57. The number of amides is 2. The van der Waals surface area contributed by atoms with Crippen LogP contribution in [0.3, 0.4) is 0 Å². The third kappa shape index (κ3) is 5.41. The minimum Gasteiger partial charge on any atom is -0.472 e. The zero-order chi connectivity index (χ0) is 21.5. The van der Waals surface area contributed by atoms with Gasteiger partial charge in [0.05, 0.1) is 25.0 Å². The Kier molecular flexibility index (Phi) is 6.79. The molecule has 1 atom stereocenters. The van der Waals surface area contributed by atoms with Crippen molar-refractivity contribution in [3.8, 4) is 0 Å². The molecule has 0 aliphatic carbocycles. The fourth-order valence-corrected chi connectivity index (χ4v) is 4.05. The van der Waals surface area contributed by atoms with Gasteiger partial charge in [-0.3, -0.25) is 14.5 Å². The van der Waals surface area contributed by atoms with Crippen LogP contribution in [-0.2, 0) is 16.1 Å². The van der Waals surface area contributed by atoms with E-state index >= 15 is 0 Å². The number of hydrogen-bond donors (Lipinski definition) is 2. The van der Waals surface area contributed by atoms with Crippen molar-refractivity contribution in [1.82, 2.24) is 15.5 Å². The molecule has 2 heterocycles. The number of carbonyl (C=O) groups excluding carboxylic acids is 2. The van der Waals surface area contributed by atoms with Gasteiger partial charge in [-0.15, -0.1) is 0 Å². The number of carbonyl (C=O) groups is 2. The highest BCUT2D eigenvalue weighted by atomic mass is 16.3. The van der Waals surface area contributed by atoms with E-state index in [0.717, 1.165) is 5.56 Å². The number of benzene rings is 2. The maximum Gasteiger partial charge on any atom is 0.237 e. The number of hydrogen-bond acceptors (Lipinski definition) is 4. The van der Waals surface area contributed by atoms with Crippen LogP contribution in [0.5, 0.6) is 0 Å². The van der Waals surface area contributed by atoms with Crippen LogP contribution >= 0.6 is 0 Å². The SMILES string of the molecule is O=C(C[C@@H]1C(=O)NCCN1CC(c1ccccc1)c1ccccc1)NCc1ccoc1. The molecule has 1 aromatic heterocycles. The minimum atomic E-state index is -0.493. The maximum atomic E-state index is 12.7. The number of rotatable bonds is 8. The highest BCUT2D eigenvalue weighted by Crippen LogP contribution is 2.27. The summed E-state index contributed by atoms with van der Waals surface area (Å²) in [6.45, 7) is 2.35. The predicted octanol–water partition coefficient (Wildman–Crippen LogP) is 2.92. The van der Waals surface area contributed by atoms with E-state index in [2.05, 4.69) is 39.8 Å². The van der Waals surface area contributed by atoms with E-state index < -0.39 is 6.04 Å². The molecule has 1 aliphatic rings. The van der Waals surface area contributed by atoms with E-state index in [0.29, 0.717) is 26.2 Å². The van der Waals surface area contributed by atoms with Gasteiger partial charge in [0.25, 0.3) is 0 Å². The van der Waals surface area contributed by atoms with Gasteiger partial charge in [-0.1, -0.05) is 60.7 Å². The molecule has 2 aromatic carbocycles. The number of furan rings is 1. The zero-order valence-electron chi connectivity index (χ0n) is 17.4. The van der Waals surface area contributed by atoms with Crippen LogP contribution in [0.25, 0.3) is 0 Å². The van der Waals surface area contributed by atoms with E-state index in [4.69, 9.17) is 4.42 Å². The molecule has 6 heteroatoms. The molecule has 2 amide bonds. The highest BCUT2D eigenvalue weighted by Gasteiger charge is 2.33. The molecule has 1 fully saturated rings. The second-order valence-corrected chi connectivity index (χ2v) is 7.79. The van der Waals surface area contributed by atoms with Crippen molar-refractivity contribution in [2.45, 2.75) is 24.9 Å². The van der Waals surface area contributed by atoms with Crippen LogP contribution in [0, 0.1) is 0 Å². The second-order valence-electron chi connectivity index (χ2n) is 7.79. The molecule has 0 radical (unpaired) electrons. The third-order valence-corrected chi connectivity index (χ3v) is 5.71. The fraction of sp³-hybridized carbons (Fsp3) is 0.280. The van der Waals surface area contributed by atoms with Crippen molar-refractivity contribution >= 4 is 11.8 Å². The molecule has 1 saturated heterocycles. The summed E-state index contributed by atoms with van der Waals surface area (Å²) in [4.78, 5) is 27.4. The molecule has 0 bridgehead atoms. The van der Waals surface area contributed by atoms with Gasteiger partial charge in [0.2, 0.25) is 11.8 Å². The van der Waals surface area contributed by atoms with Gasteiger partial charge < -0.3 is 15.1 Å². The Bertz CT molecular complexity index is 934.